The van der Waals surface area contributed by atoms with E-state index in [2.05, 4.69) is 0 Å². The first-order valence-electron chi connectivity index (χ1n) is 6.54. The molecule has 0 aliphatic heterocycles. The molecule has 0 aromatic rings. The van der Waals surface area contributed by atoms with E-state index < -0.39 is 18.2 Å². The number of carbonyl (C=O) groups excluding carboxylic acids is 1. The molecule has 0 fully saturated rings. The number of hydrogen-bond donors (Lipinski definition) is 3. The Hall–Kier alpha value is -0.650. The molecule has 4 atom stereocenters. The summed E-state index contributed by atoms with van der Waals surface area (Å²) < 4.78 is 5.25. The van der Waals surface area contributed by atoms with Crippen molar-refractivity contribution in [2.75, 3.05) is 13.2 Å². The van der Waals surface area contributed by atoms with E-state index in [1.807, 2.05) is 13.8 Å². The number of hydrogen-bond acceptors (Lipinski definition) is 5. The van der Waals surface area contributed by atoms with E-state index in [0.29, 0.717) is 0 Å². The van der Waals surface area contributed by atoms with Crippen LogP contribution in [0, 0.1) is 11.8 Å². The van der Waals surface area contributed by atoms with E-state index in [9.17, 15) is 9.90 Å². The van der Waals surface area contributed by atoms with Crippen LogP contribution in [0.1, 0.15) is 40.0 Å². The Balaban J connectivity index is 4.42. The SMILES string of the molecule is C[C@H](CO)[C@@H](OC(=O)[C@@H](C)O)[C@H](C)CCCCO. The van der Waals surface area contributed by atoms with Gasteiger partial charge in [0.05, 0.1) is 0 Å². The third kappa shape index (κ3) is 6.33. The molecule has 0 bridgehead atoms. The van der Waals surface area contributed by atoms with Crippen LogP contribution in [0.2, 0.25) is 0 Å². The van der Waals surface area contributed by atoms with Crippen molar-refractivity contribution in [3.8, 4) is 0 Å². The van der Waals surface area contributed by atoms with Gasteiger partial charge in [-0.15, -0.1) is 0 Å². The molecule has 0 rings (SSSR count). The summed E-state index contributed by atoms with van der Waals surface area (Å²) in [4.78, 5) is 11.4. The molecule has 0 aromatic heterocycles. The van der Waals surface area contributed by atoms with E-state index in [0.717, 1.165) is 19.3 Å². The molecular weight excluding hydrogens is 236 g/mol. The molecule has 108 valence electrons. The van der Waals surface area contributed by atoms with Gasteiger partial charge in [0.2, 0.25) is 0 Å². The average molecular weight is 262 g/mol. The molecule has 0 heterocycles. The van der Waals surface area contributed by atoms with E-state index in [-0.39, 0.29) is 25.0 Å². The van der Waals surface area contributed by atoms with Gasteiger partial charge in [-0.3, -0.25) is 0 Å². The molecule has 0 aliphatic carbocycles. The molecule has 0 aromatic carbocycles. The quantitative estimate of drug-likeness (QED) is 0.421. The number of esters is 1. The summed E-state index contributed by atoms with van der Waals surface area (Å²) in [6.45, 7) is 5.20. The predicted molar refractivity (Wildman–Crippen MR) is 67.9 cm³/mol. The van der Waals surface area contributed by atoms with Gasteiger partial charge in [-0.05, 0) is 25.7 Å². The lowest BCUT2D eigenvalue weighted by atomic mass is 9.90. The van der Waals surface area contributed by atoms with Crippen molar-refractivity contribution in [1.29, 1.82) is 0 Å². The summed E-state index contributed by atoms with van der Waals surface area (Å²) in [5, 5.41) is 27.1. The van der Waals surface area contributed by atoms with Crippen molar-refractivity contribution in [1.82, 2.24) is 0 Å². The standard InChI is InChI=1S/C13H26O5/c1-9(6-4-5-7-14)12(10(2)8-15)18-13(17)11(3)16/h9-12,14-16H,4-8H2,1-3H3/t9-,10-,11-,12+/m1/s1. The monoisotopic (exact) mass is 262 g/mol. The van der Waals surface area contributed by atoms with Crippen molar-refractivity contribution in [2.45, 2.75) is 52.2 Å². The largest absolute Gasteiger partial charge is 0.460 e. The molecule has 3 N–H and O–H groups in total. The molecule has 0 saturated heterocycles. The summed E-state index contributed by atoms with van der Waals surface area (Å²) in [5.74, 6) is -0.743. The van der Waals surface area contributed by atoms with Crippen molar-refractivity contribution in [2.24, 2.45) is 11.8 Å². The van der Waals surface area contributed by atoms with Gasteiger partial charge in [0, 0.05) is 19.1 Å². The fraction of sp³-hybridized carbons (Fsp3) is 0.923. The molecule has 5 nitrogen and oxygen atoms in total. The third-order valence-electron chi connectivity index (χ3n) is 3.07. The van der Waals surface area contributed by atoms with Gasteiger partial charge in [0.25, 0.3) is 0 Å². The number of carbonyl (C=O) groups is 1. The maximum Gasteiger partial charge on any atom is 0.334 e. The fourth-order valence-corrected chi connectivity index (χ4v) is 1.87. The summed E-state index contributed by atoms with van der Waals surface area (Å²) in [7, 11) is 0. The summed E-state index contributed by atoms with van der Waals surface area (Å²) in [6, 6.07) is 0. The lowest BCUT2D eigenvalue weighted by Gasteiger charge is -2.29. The Morgan fingerprint density at radius 1 is 1.11 bits per heavy atom. The summed E-state index contributed by atoms with van der Waals surface area (Å²) in [5.41, 5.74) is 0. The van der Waals surface area contributed by atoms with Crippen LogP contribution >= 0.6 is 0 Å². The normalized spacial score (nSPS) is 17.9. The van der Waals surface area contributed by atoms with Gasteiger partial charge in [-0.25, -0.2) is 4.79 Å². The highest BCUT2D eigenvalue weighted by atomic mass is 16.6. The molecule has 0 unspecified atom stereocenters. The lowest BCUT2D eigenvalue weighted by Crippen LogP contribution is -2.36. The van der Waals surface area contributed by atoms with Crippen LogP contribution in [-0.2, 0) is 9.53 Å². The average Bonchev–Trinajstić information content (AvgIpc) is 2.34. The Morgan fingerprint density at radius 2 is 1.72 bits per heavy atom. The first kappa shape index (κ1) is 17.4. The number of aliphatic hydroxyl groups is 3. The van der Waals surface area contributed by atoms with Crippen LogP contribution in [-0.4, -0.2) is 46.7 Å². The number of rotatable bonds is 9. The molecule has 0 radical (unpaired) electrons. The number of aliphatic hydroxyl groups excluding tert-OH is 3. The topological polar surface area (TPSA) is 87.0 Å². The van der Waals surface area contributed by atoms with E-state index in [4.69, 9.17) is 14.9 Å². The smallest absolute Gasteiger partial charge is 0.334 e. The molecular formula is C13H26O5. The van der Waals surface area contributed by atoms with Crippen molar-refractivity contribution < 1.29 is 24.9 Å². The first-order valence-corrected chi connectivity index (χ1v) is 6.54. The Morgan fingerprint density at radius 3 is 2.17 bits per heavy atom. The highest BCUT2D eigenvalue weighted by Crippen LogP contribution is 2.22. The molecule has 18 heavy (non-hydrogen) atoms. The van der Waals surface area contributed by atoms with Gasteiger partial charge in [0.15, 0.2) is 0 Å². The Kier molecular flexibility index (Phi) is 8.97. The van der Waals surface area contributed by atoms with Crippen LogP contribution in [0.25, 0.3) is 0 Å². The molecule has 5 heteroatoms. The minimum Gasteiger partial charge on any atom is -0.460 e. The number of ether oxygens (including phenoxy) is 1. The lowest BCUT2D eigenvalue weighted by molar-refractivity contribution is -0.164. The zero-order valence-corrected chi connectivity index (χ0v) is 11.5. The fourth-order valence-electron chi connectivity index (χ4n) is 1.87. The highest BCUT2D eigenvalue weighted by molar-refractivity contribution is 5.74. The predicted octanol–water partition coefficient (Wildman–Crippen LogP) is 0.706. The molecule has 0 saturated carbocycles. The first-order chi connectivity index (χ1) is 8.43. The summed E-state index contributed by atoms with van der Waals surface area (Å²) >= 11 is 0. The zero-order valence-electron chi connectivity index (χ0n) is 11.5. The van der Waals surface area contributed by atoms with Crippen LogP contribution in [0.3, 0.4) is 0 Å². The number of unbranched alkanes of at least 4 members (excludes halogenated alkanes) is 1. The van der Waals surface area contributed by atoms with Crippen LogP contribution in [0.5, 0.6) is 0 Å². The second kappa shape index (κ2) is 9.30. The Labute approximate surface area is 109 Å². The van der Waals surface area contributed by atoms with Crippen LogP contribution in [0.15, 0.2) is 0 Å². The van der Waals surface area contributed by atoms with Crippen molar-refractivity contribution in [3.63, 3.8) is 0 Å². The van der Waals surface area contributed by atoms with Gasteiger partial charge in [-0.1, -0.05) is 20.3 Å². The van der Waals surface area contributed by atoms with Gasteiger partial charge < -0.3 is 20.1 Å². The Bertz CT molecular complexity index is 229. The molecule has 0 aliphatic rings. The summed E-state index contributed by atoms with van der Waals surface area (Å²) in [6.07, 6.45) is 0.815. The molecule has 0 spiro atoms. The van der Waals surface area contributed by atoms with E-state index >= 15 is 0 Å². The maximum atomic E-state index is 11.4. The van der Waals surface area contributed by atoms with E-state index in [1.54, 1.807) is 0 Å². The van der Waals surface area contributed by atoms with Crippen molar-refractivity contribution >= 4 is 5.97 Å². The van der Waals surface area contributed by atoms with Crippen LogP contribution in [0.4, 0.5) is 0 Å². The third-order valence-corrected chi connectivity index (χ3v) is 3.07. The second-order valence-electron chi connectivity index (χ2n) is 4.93. The van der Waals surface area contributed by atoms with Gasteiger partial charge >= 0.3 is 5.97 Å². The maximum absolute atomic E-state index is 11.4. The minimum absolute atomic E-state index is 0.0674. The van der Waals surface area contributed by atoms with Crippen molar-refractivity contribution in [3.05, 3.63) is 0 Å². The van der Waals surface area contributed by atoms with Gasteiger partial charge in [0.1, 0.15) is 12.2 Å². The van der Waals surface area contributed by atoms with Gasteiger partial charge in [-0.2, -0.15) is 0 Å². The highest BCUT2D eigenvalue weighted by Gasteiger charge is 2.28. The zero-order chi connectivity index (χ0) is 14.1. The molecule has 0 amide bonds. The second-order valence-corrected chi connectivity index (χ2v) is 4.93. The van der Waals surface area contributed by atoms with Crippen LogP contribution < -0.4 is 0 Å². The van der Waals surface area contributed by atoms with E-state index in [1.165, 1.54) is 6.92 Å². The minimum atomic E-state index is -1.15.